The molecule has 48 heavy (non-hydrogen) atoms. The zero-order valence-electron chi connectivity index (χ0n) is 28.0. The van der Waals surface area contributed by atoms with Gasteiger partial charge in [-0.1, -0.05) is 50.1 Å². The number of hydrogen-bond donors (Lipinski definition) is 0. The van der Waals surface area contributed by atoms with E-state index in [4.69, 9.17) is 0 Å². The molecule has 0 aromatic heterocycles. The average Bonchev–Trinajstić information content (AvgIpc) is 3.06. The van der Waals surface area contributed by atoms with Gasteiger partial charge < -0.3 is 9.80 Å². The molecule has 0 amide bonds. The van der Waals surface area contributed by atoms with Gasteiger partial charge in [-0.3, -0.25) is 10.1 Å². The van der Waals surface area contributed by atoms with E-state index >= 15 is 0 Å². The Balaban J connectivity index is 1.48. The molecule has 0 radical (unpaired) electrons. The molecule has 3 aromatic rings. The van der Waals surface area contributed by atoms with Gasteiger partial charge in [-0.15, -0.1) is 0 Å². The van der Waals surface area contributed by atoms with Crippen molar-refractivity contribution in [1.29, 1.82) is 0 Å². The van der Waals surface area contributed by atoms with Crippen LogP contribution < -0.4 is 4.90 Å². The van der Waals surface area contributed by atoms with Crippen molar-refractivity contribution in [2.24, 2.45) is 5.92 Å². The van der Waals surface area contributed by atoms with Crippen LogP contribution in [0.5, 0.6) is 0 Å². The predicted octanol–water partition coefficient (Wildman–Crippen LogP) is 5.73. The highest BCUT2D eigenvalue weighted by molar-refractivity contribution is 7.89. The molecule has 2 aliphatic rings. The van der Waals surface area contributed by atoms with Gasteiger partial charge in [-0.05, 0) is 74.5 Å². The first-order valence-electron chi connectivity index (χ1n) is 16.7. The van der Waals surface area contributed by atoms with Crippen LogP contribution in [0.4, 0.5) is 11.4 Å². The van der Waals surface area contributed by atoms with E-state index in [0.717, 1.165) is 17.6 Å². The number of fused-ring (bicyclic) bond motifs is 1. The molecule has 0 atom stereocenters. The first kappa shape index (κ1) is 35.9. The molecule has 3 aromatic carbocycles. The van der Waals surface area contributed by atoms with Crippen LogP contribution in [0.2, 0.25) is 0 Å². The molecule has 0 spiro atoms. The Bertz CT molecular complexity index is 1820. The first-order chi connectivity index (χ1) is 22.9. The summed E-state index contributed by atoms with van der Waals surface area (Å²) in [7, 11) is -4.23. The largest absolute Gasteiger partial charge is 0.377 e. The van der Waals surface area contributed by atoms with E-state index in [1.807, 2.05) is 43.3 Å². The zero-order chi connectivity index (χ0) is 34.5. The van der Waals surface area contributed by atoms with Crippen molar-refractivity contribution in [2.45, 2.75) is 54.7 Å². The molecular weight excluding hydrogens is 651 g/mol. The van der Waals surface area contributed by atoms with Crippen LogP contribution in [-0.4, -0.2) is 95.2 Å². The fourth-order valence-corrected chi connectivity index (χ4v) is 10.2. The monoisotopic (exact) mass is 697 g/mol. The Kier molecular flexibility index (Phi) is 11.6. The van der Waals surface area contributed by atoms with Gasteiger partial charge in [0, 0.05) is 75.4 Å². The van der Waals surface area contributed by atoms with Gasteiger partial charge in [0.2, 0.25) is 20.0 Å². The Morgan fingerprint density at radius 3 is 1.96 bits per heavy atom. The lowest BCUT2D eigenvalue weighted by atomic mass is 9.89. The fourth-order valence-electron chi connectivity index (χ4n) is 7.00. The number of non-ortho nitro benzene ring substituents is 1. The Morgan fingerprint density at radius 2 is 1.35 bits per heavy atom. The molecular formula is C35H47N5O6S2. The molecule has 1 saturated heterocycles. The number of rotatable bonds is 8. The summed E-state index contributed by atoms with van der Waals surface area (Å²) in [6.45, 7) is 6.81. The van der Waals surface area contributed by atoms with Crippen LogP contribution in [0.25, 0.3) is 10.8 Å². The molecule has 2 fully saturated rings. The number of nitro groups is 1. The lowest BCUT2D eigenvalue weighted by molar-refractivity contribution is -0.384. The fraction of sp³-hybridized carbons (Fsp3) is 0.486. The van der Waals surface area contributed by atoms with E-state index in [1.54, 1.807) is 12.1 Å². The maximum Gasteiger partial charge on any atom is 0.269 e. The summed E-state index contributed by atoms with van der Waals surface area (Å²) in [4.78, 5) is 15.1. The highest BCUT2D eigenvalue weighted by Crippen LogP contribution is 2.32. The molecule has 260 valence electrons. The van der Waals surface area contributed by atoms with Gasteiger partial charge >= 0.3 is 0 Å². The molecule has 1 aliphatic carbocycles. The van der Waals surface area contributed by atoms with Crippen molar-refractivity contribution in [3.8, 4) is 0 Å². The molecule has 1 heterocycles. The van der Waals surface area contributed by atoms with Gasteiger partial charge in [0.05, 0.1) is 14.7 Å². The summed E-state index contributed by atoms with van der Waals surface area (Å²) < 4.78 is 59.6. The molecule has 13 heteroatoms. The molecule has 1 aliphatic heterocycles. The molecule has 0 N–H and O–H groups in total. The summed E-state index contributed by atoms with van der Waals surface area (Å²) in [6, 6.07) is 15.8. The number of hydrogen-bond acceptors (Lipinski definition) is 8. The Hall–Kier alpha value is -3.36. The second kappa shape index (κ2) is 15.5. The van der Waals surface area contributed by atoms with E-state index in [2.05, 4.69) is 11.5 Å². The zero-order valence-corrected chi connectivity index (χ0v) is 29.6. The number of sulfonamides is 2. The van der Waals surface area contributed by atoms with Crippen molar-refractivity contribution in [1.82, 2.24) is 13.5 Å². The SMILES string of the molecule is C=C1CN(S(=O)(=O)c2ccc([N+](=O)[O-])cc2)CCCN(CC2CCCCC2)CCCN(S(=O)(=O)c2cccc3c(N(C)C)cccc23)C1. The normalized spacial score (nSPS) is 19.1. The first-order valence-corrected chi connectivity index (χ1v) is 19.6. The lowest BCUT2D eigenvalue weighted by Gasteiger charge is -2.33. The van der Waals surface area contributed by atoms with Crippen LogP contribution in [-0.2, 0) is 20.0 Å². The van der Waals surface area contributed by atoms with Gasteiger partial charge in [-0.2, -0.15) is 8.61 Å². The van der Waals surface area contributed by atoms with E-state index in [0.29, 0.717) is 42.8 Å². The van der Waals surface area contributed by atoms with Gasteiger partial charge in [0.25, 0.3) is 5.69 Å². The molecule has 5 rings (SSSR count). The van der Waals surface area contributed by atoms with Crippen LogP contribution in [0.1, 0.15) is 44.9 Å². The second-order valence-electron chi connectivity index (χ2n) is 13.2. The highest BCUT2D eigenvalue weighted by atomic mass is 32.2. The van der Waals surface area contributed by atoms with Crippen LogP contribution in [0.15, 0.2) is 82.6 Å². The molecule has 1 saturated carbocycles. The highest BCUT2D eigenvalue weighted by Gasteiger charge is 2.31. The van der Waals surface area contributed by atoms with Crippen molar-refractivity contribution in [3.63, 3.8) is 0 Å². The average molecular weight is 698 g/mol. The number of nitrogens with zero attached hydrogens (tertiary/aromatic N) is 5. The van der Waals surface area contributed by atoms with Gasteiger partial charge in [0.15, 0.2) is 0 Å². The lowest BCUT2D eigenvalue weighted by Crippen LogP contribution is -2.42. The summed E-state index contributed by atoms with van der Waals surface area (Å²) in [5.41, 5.74) is 1.16. The second-order valence-corrected chi connectivity index (χ2v) is 17.1. The van der Waals surface area contributed by atoms with E-state index in [-0.39, 0.29) is 41.7 Å². The van der Waals surface area contributed by atoms with Crippen LogP contribution in [0, 0.1) is 16.0 Å². The summed E-state index contributed by atoms with van der Waals surface area (Å²) in [6.07, 6.45) is 7.27. The van der Waals surface area contributed by atoms with Crippen LogP contribution in [0.3, 0.4) is 0 Å². The minimum Gasteiger partial charge on any atom is -0.377 e. The summed E-state index contributed by atoms with van der Waals surface area (Å²) in [5.74, 6) is 0.577. The maximum atomic E-state index is 14.5. The predicted molar refractivity (Wildman–Crippen MR) is 190 cm³/mol. The number of benzene rings is 3. The maximum absolute atomic E-state index is 14.5. The topological polar surface area (TPSA) is 124 Å². The van der Waals surface area contributed by atoms with Crippen LogP contribution >= 0.6 is 0 Å². The quantitative estimate of drug-likeness (QED) is 0.166. The minimum absolute atomic E-state index is 0.0407. The van der Waals surface area contributed by atoms with E-state index in [1.165, 1.54) is 65.0 Å². The number of nitro benzene ring substituents is 1. The molecule has 0 bridgehead atoms. The third-order valence-electron chi connectivity index (χ3n) is 9.45. The molecule has 11 nitrogen and oxygen atoms in total. The minimum atomic E-state index is -4.06. The van der Waals surface area contributed by atoms with Gasteiger partial charge in [-0.25, -0.2) is 16.8 Å². The van der Waals surface area contributed by atoms with Crippen molar-refractivity contribution >= 4 is 42.2 Å². The molecule has 0 unspecified atom stereocenters. The van der Waals surface area contributed by atoms with E-state index < -0.39 is 25.0 Å². The van der Waals surface area contributed by atoms with E-state index in [9.17, 15) is 26.9 Å². The third-order valence-corrected chi connectivity index (χ3v) is 13.2. The standard InChI is InChI=1S/C35H47N5O6S2/c1-28-25-38(47(43,44)31-19-17-30(18-20-31)40(41)42)23-9-21-37(27-29-11-5-4-6-12-29)22-10-24-39(26-28)48(45,46)35-16-8-13-32-33(35)14-7-15-34(32)36(2)3/h7-8,13-20,29H,1,4-6,9-12,21-27H2,2-3H3. The van der Waals surface area contributed by atoms with Crippen molar-refractivity contribution in [3.05, 3.63) is 82.9 Å². The Labute approximate surface area is 285 Å². The summed E-state index contributed by atoms with van der Waals surface area (Å²) in [5, 5.41) is 12.7. The van der Waals surface area contributed by atoms with Crippen molar-refractivity contribution in [2.75, 3.05) is 64.8 Å². The number of anilines is 1. The summed E-state index contributed by atoms with van der Waals surface area (Å²) >= 11 is 0. The smallest absolute Gasteiger partial charge is 0.269 e. The van der Waals surface area contributed by atoms with Crippen molar-refractivity contribution < 1.29 is 21.8 Å². The third kappa shape index (κ3) is 8.25. The van der Waals surface area contributed by atoms with Gasteiger partial charge in [0.1, 0.15) is 0 Å². The Morgan fingerprint density at radius 1 is 0.771 bits per heavy atom.